The number of nitriles is 1. The molecule has 0 aromatic heterocycles. The van der Waals surface area contributed by atoms with Crippen molar-refractivity contribution in [2.45, 2.75) is 0 Å². The van der Waals surface area contributed by atoms with Crippen LogP contribution in [0.15, 0.2) is 72.8 Å². The van der Waals surface area contributed by atoms with E-state index in [2.05, 4.69) is 11.4 Å². The highest BCUT2D eigenvalue weighted by molar-refractivity contribution is 5.94. The molecule has 0 fully saturated rings. The number of nitrogens with one attached hydrogen (secondary N) is 1. The van der Waals surface area contributed by atoms with E-state index >= 15 is 0 Å². The molecule has 32 heavy (non-hydrogen) atoms. The lowest BCUT2D eigenvalue weighted by Gasteiger charge is -2.14. The van der Waals surface area contributed by atoms with E-state index < -0.39 is 5.97 Å². The SMILES string of the molecule is COc1cccc(/C=C(/C#N)c2ccc(C(=O)O)cc2)c1OCC(=O)Nc1ccccc1. The van der Waals surface area contributed by atoms with Gasteiger partial charge >= 0.3 is 5.97 Å². The molecule has 0 unspecified atom stereocenters. The Morgan fingerprint density at radius 2 is 1.69 bits per heavy atom. The van der Waals surface area contributed by atoms with Gasteiger partial charge in [0.2, 0.25) is 0 Å². The maximum Gasteiger partial charge on any atom is 0.335 e. The summed E-state index contributed by atoms with van der Waals surface area (Å²) in [6.07, 6.45) is 1.60. The van der Waals surface area contributed by atoms with Gasteiger partial charge in [0.1, 0.15) is 0 Å². The van der Waals surface area contributed by atoms with Crippen LogP contribution >= 0.6 is 0 Å². The molecule has 0 aliphatic rings. The van der Waals surface area contributed by atoms with E-state index in [1.807, 2.05) is 18.2 Å². The van der Waals surface area contributed by atoms with Crippen LogP contribution in [0.4, 0.5) is 5.69 Å². The molecule has 0 atom stereocenters. The van der Waals surface area contributed by atoms with Gasteiger partial charge in [-0.15, -0.1) is 0 Å². The summed E-state index contributed by atoms with van der Waals surface area (Å²) in [5, 5.41) is 21.4. The van der Waals surface area contributed by atoms with E-state index in [1.165, 1.54) is 19.2 Å². The van der Waals surface area contributed by atoms with E-state index in [1.54, 1.807) is 48.5 Å². The summed E-state index contributed by atoms with van der Waals surface area (Å²) in [6, 6.07) is 22.3. The summed E-state index contributed by atoms with van der Waals surface area (Å²) in [6.45, 7) is -0.259. The first-order valence-corrected chi connectivity index (χ1v) is 9.62. The number of nitrogens with zero attached hydrogens (tertiary/aromatic N) is 1. The number of ether oxygens (including phenoxy) is 2. The average Bonchev–Trinajstić information content (AvgIpc) is 2.82. The number of rotatable bonds is 8. The Hall–Kier alpha value is -4.57. The second-order valence-electron chi connectivity index (χ2n) is 6.63. The molecule has 3 aromatic carbocycles. The minimum atomic E-state index is -1.05. The molecule has 3 rings (SSSR count). The van der Waals surface area contributed by atoms with Gasteiger partial charge in [0.05, 0.1) is 24.3 Å². The molecule has 0 saturated carbocycles. The maximum absolute atomic E-state index is 12.3. The molecule has 7 nitrogen and oxygen atoms in total. The molecule has 160 valence electrons. The van der Waals surface area contributed by atoms with E-state index in [-0.39, 0.29) is 18.1 Å². The van der Waals surface area contributed by atoms with E-state index in [0.717, 1.165) is 0 Å². The van der Waals surface area contributed by atoms with Crippen molar-refractivity contribution in [1.29, 1.82) is 5.26 Å². The van der Waals surface area contributed by atoms with E-state index in [0.29, 0.717) is 33.9 Å². The zero-order valence-electron chi connectivity index (χ0n) is 17.2. The molecule has 0 aliphatic heterocycles. The second kappa shape index (κ2) is 10.5. The Kier molecular flexibility index (Phi) is 7.23. The highest BCUT2D eigenvalue weighted by Gasteiger charge is 2.13. The number of carboxylic acids is 1. The van der Waals surface area contributed by atoms with Gasteiger partial charge in [-0.1, -0.05) is 42.5 Å². The first-order chi connectivity index (χ1) is 15.5. The minimum absolute atomic E-state index is 0.126. The number of carboxylic acid groups (broad SMARTS) is 1. The molecule has 0 spiro atoms. The fraction of sp³-hybridized carbons (Fsp3) is 0.0800. The summed E-state index contributed by atoms with van der Waals surface area (Å²) in [5.41, 5.74) is 2.16. The van der Waals surface area contributed by atoms with Crippen LogP contribution < -0.4 is 14.8 Å². The van der Waals surface area contributed by atoms with Crippen LogP contribution in [-0.4, -0.2) is 30.7 Å². The molecular weight excluding hydrogens is 408 g/mol. The van der Waals surface area contributed by atoms with E-state index in [9.17, 15) is 14.9 Å². The minimum Gasteiger partial charge on any atom is -0.493 e. The zero-order chi connectivity index (χ0) is 22.9. The molecule has 0 heterocycles. The summed E-state index contributed by atoms with van der Waals surface area (Å²) < 4.78 is 11.1. The Bertz CT molecular complexity index is 1180. The third kappa shape index (κ3) is 5.52. The highest BCUT2D eigenvalue weighted by atomic mass is 16.5. The van der Waals surface area contributed by atoms with Gasteiger partial charge < -0.3 is 19.9 Å². The first-order valence-electron chi connectivity index (χ1n) is 9.62. The van der Waals surface area contributed by atoms with Gasteiger partial charge in [-0.05, 0) is 42.0 Å². The van der Waals surface area contributed by atoms with Crippen molar-refractivity contribution < 1.29 is 24.2 Å². The lowest BCUT2D eigenvalue weighted by Crippen LogP contribution is -2.20. The quantitative estimate of drug-likeness (QED) is 0.405. The van der Waals surface area contributed by atoms with Crippen LogP contribution in [0.5, 0.6) is 11.5 Å². The molecule has 1 amide bonds. The Labute approximate surface area is 185 Å². The van der Waals surface area contributed by atoms with Crippen LogP contribution in [-0.2, 0) is 4.79 Å². The second-order valence-corrected chi connectivity index (χ2v) is 6.63. The van der Waals surface area contributed by atoms with Crippen molar-refractivity contribution in [2.24, 2.45) is 0 Å². The number of para-hydroxylation sites is 2. The fourth-order valence-corrected chi connectivity index (χ4v) is 2.95. The van der Waals surface area contributed by atoms with E-state index in [4.69, 9.17) is 14.6 Å². The summed E-state index contributed by atoms with van der Waals surface area (Å²) >= 11 is 0. The van der Waals surface area contributed by atoms with Crippen molar-refractivity contribution in [1.82, 2.24) is 0 Å². The summed E-state index contributed by atoms with van der Waals surface area (Å²) in [4.78, 5) is 23.3. The molecule has 0 aliphatic carbocycles. The smallest absolute Gasteiger partial charge is 0.335 e. The van der Waals surface area contributed by atoms with Crippen LogP contribution in [0.25, 0.3) is 11.6 Å². The molecule has 3 aromatic rings. The van der Waals surface area contributed by atoms with Gasteiger partial charge in [0, 0.05) is 11.3 Å². The van der Waals surface area contributed by atoms with Crippen LogP contribution in [0, 0.1) is 11.3 Å². The first kappa shape index (κ1) is 22.1. The zero-order valence-corrected chi connectivity index (χ0v) is 17.2. The number of methoxy groups -OCH3 is 1. The van der Waals surface area contributed by atoms with Crippen LogP contribution in [0.1, 0.15) is 21.5 Å². The average molecular weight is 428 g/mol. The van der Waals surface area contributed by atoms with Crippen molar-refractivity contribution >= 4 is 29.2 Å². The van der Waals surface area contributed by atoms with Gasteiger partial charge in [-0.2, -0.15) is 5.26 Å². The number of allylic oxidation sites excluding steroid dienone is 1. The van der Waals surface area contributed by atoms with Crippen LogP contribution in [0.3, 0.4) is 0 Å². The normalized spacial score (nSPS) is 10.7. The number of carbonyl (C=O) groups excluding carboxylic acids is 1. The largest absolute Gasteiger partial charge is 0.493 e. The summed E-state index contributed by atoms with van der Waals surface area (Å²) in [7, 11) is 1.48. The lowest BCUT2D eigenvalue weighted by atomic mass is 10.0. The molecule has 2 N–H and O–H groups in total. The molecular formula is C25H20N2O5. The van der Waals surface area contributed by atoms with Crippen molar-refractivity contribution in [3.05, 3.63) is 89.5 Å². The lowest BCUT2D eigenvalue weighted by molar-refractivity contribution is -0.118. The number of carbonyl (C=O) groups is 2. The number of hydrogen-bond acceptors (Lipinski definition) is 5. The monoisotopic (exact) mass is 428 g/mol. The predicted molar refractivity (Wildman–Crippen MR) is 120 cm³/mol. The predicted octanol–water partition coefficient (Wildman–Crippen LogP) is 4.48. The third-order valence-corrected chi connectivity index (χ3v) is 4.50. The highest BCUT2D eigenvalue weighted by Crippen LogP contribution is 2.34. The summed E-state index contributed by atoms with van der Waals surface area (Å²) in [5.74, 6) is -0.670. The van der Waals surface area contributed by atoms with Crippen molar-refractivity contribution in [2.75, 3.05) is 19.0 Å². The standard InChI is InChI=1S/C25H20N2O5/c1-31-22-9-5-6-19(14-20(15-26)17-10-12-18(13-11-17)25(29)30)24(22)32-16-23(28)27-21-7-3-2-4-8-21/h2-14H,16H2,1H3,(H,27,28)(H,29,30)/b20-14-. The molecule has 0 bridgehead atoms. The topological polar surface area (TPSA) is 109 Å². The molecule has 7 heteroatoms. The van der Waals surface area contributed by atoms with Crippen molar-refractivity contribution in [3.8, 4) is 17.6 Å². The van der Waals surface area contributed by atoms with Crippen LogP contribution in [0.2, 0.25) is 0 Å². The number of benzene rings is 3. The van der Waals surface area contributed by atoms with Gasteiger partial charge in [-0.3, -0.25) is 4.79 Å². The molecule has 0 saturated heterocycles. The Balaban J connectivity index is 1.85. The molecule has 0 radical (unpaired) electrons. The number of hydrogen-bond donors (Lipinski definition) is 2. The number of anilines is 1. The Morgan fingerprint density at radius 1 is 1.00 bits per heavy atom. The maximum atomic E-state index is 12.3. The van der Waals surface area contributed by atoms with Gasteiger partial charge in [0.15, 0.2) is 18.1 Å². The fourth-order valence-electron chi connectivity index (χ4n) is 2.95. The number of aromatic carboxylic acids is 1. The third-order valence-electron chi connectivity index (χ3n) is 4.50. The number of amides is 1. The van der Waals surface area contributed by atoms with Crippen molar-refractivity contribution in [3.63, 3.8) is 0 Å². The van der Waals surface area contributed by atoms with Gasteiger partial charge in [-0.25, -0.2) is 4.79 Å². The Morgan fingerprint density at radius 3 is 2.31 bits per heavy atom. The van der Waals surface area contributed by atoms with Gasteiger partial charge in [0.25, 0.3) is 5.91 Å².